The Morgan fingerprint density at radius 3 is 2.69 bits per heavy atom. The minimum absolute atomic E-state index is 0.142. The lowest BCUT2D eigenvalue weighted by atomic mass is 10.0. The predicted octanol–water partition coefficient (Wildman–Crippen LogP) is 1.31. The lowest BCUT2D eigenvalue weighted by Gasteiger charge is -2.22. The molecule has 1 saturated carbocycles. The van der Waals surface area contributed by atoms with E-state index in [1.807, 2.05) is 18.7 Å². The van der Waals surface area contributed by atoms with E-state index in [0.717, 1.165) is 36.8 Å². The van der Waals surface area contributed by atoms with Crippen molar-refractivity contribution in [3.63, 3.8) is 0 Å². The molecule has 2 N–H and O–H groups in total. The number of rotatable bonds is 3. The molecule has 0 spiro atoms. The Balaban J connectivity index is 1.84. The van der Waals surface area contributed by atoms with Gasteiger partial charge in [-0.15, -0.1) is 0 Å². The maximum atomic E-state index is 11.9. The first-order valence-electron chi connectivity index (χ1n) is 5.93. The van der Waals surface area contributed by atoms with Crippen molar-refractivity contribution in [2.75, 3.05) is 19.3 Å². The highest BCUT2D eigenvalue weighted by Gasteiger charge is 2.26. The molecule has 1 heterocycles. The Hall–Kier alpha value is -0.480. The molecule has 2 unspecified atom stereocenters. The van der Waals surface area contributed by atoms with Crippen LogP contribution in [0.4, 0.5) is 0 Å². The zero-order chi connectivity index (χ0) is 11.5. The number of carbonyl (C=O) groups excluding carboxylic acids is 1. The lowest BCUT2D eigenvalue weighted by Crippen LogP contribution is -2.39. The van der Waals surface area contributed by atoms with Gasteiger partial charge in [-0.1, -0.05) is 0 Å². The second-order valence-electron chi connectivity index (χ2n) is 4.67. The third-order valence-electron chi connectivity index (χ3n) is 3.60. The molecular formula is C12H20N2OS. The SMILES string of the molecule is CSC1CCC(NC(=O)C(C)=C2CNC2)C1. The van der Waals surface area contributed by atoms with Crippen LogP contribution in [0.1, 0.15) is 26.2 Å². The molecule has 90 valence electrons. The highest BCUT2D eigenvalue weighted by Crippen LogP contribution is 2.28. The fourth-order valence-corrected chi connectivity index (χ4v) is 3.05. The van der Waals surface area contributed by atoms with Crippen LogP contribution in [0.5, 0.6) is 0 Å². The Kier molecular flexibility index (Phi) is 3.92. The molecular weight excluding hydrogens is 220 g/mol. The molecule has 0 bridgehead atoms. The number of amides is 1. The predicted molar refractivity (Wildman–Crippen MR) is 68.7 cm³/mol. The van der Waals surface area contributed by atoms with Crippen molar-refractivity contribution < 1.29 is 4.79 Å². The van der Waals surface area contributed by atoms with E-state index in [1.165, 1.54) is 12.0 Å². The van der Waals surface area contributed by atoms with Crippen molar-refractivity contribution in [1.82, 2.24) is 10.6 Å². The number of nitrogens with one attached hydrogen (secondary N) is 2. The molecule has 16 heavy (non-hydrogen) atoms. The van der Waals surface area contributed by atoms with E-state index in [0.29, 0.717) is 6.04 Å². The van der Waals surface area contributed by atoms with Gasteiger partial charge >= 0.3 is 0 Å². The van der Waals surface area contributed by atoms with Gasteiger partial charge in [0.1, 0.15) is 0 Å². The van der Waals surface area contributed by atoms with E-state index in [-0.39, 0.29) is 5.91 Å². The Morgan fingerprint density at radius 2 is 2.19 bits per heavy atom. The summed E-state index contributed by atoms with van der Waals surface area (Å²) in [5.41, 5.74) is 2.18. The number of hydrogen-bond acceptors (Lipinski definition) is 3. The standard InChI is InChI=1S/C12H20N2OS/c1-8(9-6-13-7-9)12(15)14-10-3-4-11(5-10)16-2/h10-11,13H,3-7H2,1-2H3,(H,14,15). The van der Waals surface area contributed by atoms with Crippen LogP contribution in [0.3, 0.4) is 0 Å². The highest BCUT2D eigenvalue weighted by atomic mass is 32.2. The van der Waals surface area contributed by atoms with E-state index in [9.17, 15) is 4.79 Å². The summed E-state index contributed by atoms with van der Waals surface area (Å²) < 4.78 is 0. The molecule has 1 saturated heterocycles. The van der Waals surface area contributed by atoms with Gasteiger partial charge in [0.05, 0.1) is 0 Å². The summed E-state index contributed by atoms with van der Waals surface area (Å²) in [6, 6.07) is 0.397. The molecule has 0 aromatic heterocycles. The van der Waals surface area contributed by atoms with Gasteiger partial charge in [0.15, 0.2) is 0 Å². The lowest BCUT2D eigenvalue weighted by molar-refractivity contribution is -0.118. The fraction of sp³-hybridized carbons (Fsp3) is 0.750. The molecule has 2 atom stereocenters. The van der Waals surface area contributed by atoms with Gasteiger partial charge in [-0.3, -0.25) is 4.79 Å². The summed E-state index contributed by atoms with van der Waals surface area (Å²) in [5.74, 6) is 0.142. The molecule has 2 aliphatic rings. The van der Waals surface area contributed by atoms with Crippen molar-refractivity contribution >= 4 is 17.7 Å². The summed E-state index contributed by atoms with van der Waals surface area (Å²) >= 11 is 1.92. The van der Waals surface area contributed by atoms with Crippen LogP contribution < -0.4 is 10.6 Å². The first kappa shape index (κ1) is 12.0. The van der Waals surface area contributed by atoms with Crippen LogP contribution in [0, 0.1) is 0 Å². The quantitative estimate of drug-likeness (QED) is 0.731. The summed E-state index contributed by atoms with van der Waals surface area (Å²) in [6.45, 7) is 3.71. The van der Waals surface area contributed by atoms with Crippen molar-refractivity contribution in [1.29, 1.82) is 0 Å². The maximum absolute atomic E-state index is 11.9. The highest BCUT2D eigenvalue weighted by molar-refractivity contribution is 7.99. The number of carbonyl (C=O) groups is 1. The fourth-order valence-electron chi connectivity index (χ4n) is 2.25. The largest absolute Gasteiger partial charge is 0.350 e. The van der Waals surface area contributed by atoms with Crippen molar-refractivity contribution in [2.24, 2.45) is 0 Å². The Bertz CT molecular complexity index is 308. The van der Waals surface area contributed by atoms with Gasteiger partial charge in [-0.25, -0.2) is 0 Å². The minimum Gasteiger partial charge on any atom is -0.350 e. The van der Waals surface area contributed by atoms with Gasteiger partial charge in [-0.05, 0) is 38.0 Å². The molecule has 0 aromatic rings. The third-order valence-corrected chi connectivity index (χ3v) is 4.70. The third kappa shape index (κ3) is 2.61. The van der Waals surface area contributed by atoms with Crippen LogP contribution in [-0.2, 0) is 4.79 Å². The average molecular weight is 240 g/mol. The second kappa shape index (κ2) is 5.23. The molecule has 3 nitrogen and oxygen atoms in total. The van der Waals surface area contributed by atoms with Gasteiger partial charge in [0.25, 0.3) is 0 Å². The van der Waals surface area contributed by atoms with Crippen LogP contribution in [0.2, 0.25) is 0 Å². The Morgan fingerprint density at radius 1 is 1.44 bits per heavy atom. The normalized spacial score (nSPS) is 28.8. The van der Waals surface area contributed by atoms with Gasteiger partial charge < -0.3 is 10.6 Å². The van der Waals surface area contributed by atoms with Crippen LogP contribution >= 0.6 is 11.8 Å². The molecule has 4 heteroatoms. The molecule has 2 fully saturated rings. The first-order chi connectivity index (χ1) is 7.70. The number of hydrogen-bond donors (Lipinski definition) is 2. The van der Waals surface area contributed by atoms with Gasteiger partial charge in [-0.2, -0.15) is 11.8 Å². The zero-order valence-corrected chi connectivity index (χ0v) is 10.8. The Labute approximate surface area is 101 Å². The molecule has 0 radical (unpaired) electrons. The molecule has 1 aliphatic carbocycles. The minimum atomic E-state index is 0.142. The van der Waals surface area contributed by atoms with E-state index in [1.54, 1.807) is 0 Å². The molecule has 0 aromatic carbocycles. The molecule has 2 rings (SSSR count). The van der Waals surface area contributed by atoms with E-state index >= 15 is 0 Å². The second-order valence-corrected chi connectivity index (χ2v) is 5.81. The number of thioether (sulfide) groups is 1. The topological polar surface area (TPSA) is 41.1 Å². The van der Waals surface area contributed by atoms with Crippen LogP contribution in [0.25, 0.3) is 0 Å². The summed E-state index contributed by atoms with van der Waals surface area (Å²) in [6.07, 6.45) is 5.66. The van der Waals surface area contributed by atoms with Gasteiger partial charge in [0.2, 0.25) is 5.91 Å². The van der Waals surface area contributed by atoms with E-state index in [4.69, 9.17) is 0 Å². The van der Waals surface area contributed by atoms with E-state index in [2.05, 4.69) is 16.9 Å². The van der Waals surface area contributed by atoms with Crippen LogP contribution in [0.15, 0.2) is 11.1 Å². The summed E-state index contributed by atoms with van der Waals surface area (Å²) in [5, 5.41) is 7.06. The van der Waals surface area contributed by atoms with E-state index < -0.39 is 0 Å². The zero-order valence-electron chi connectivity index (χ0n) is 10.0. The molecule has 1 amide bonds. The first-order valence-corrected chi connectivity index (χ1v) is 7.22. The van der Waals surface area contributed by atoms with Crippen molar-refractivity contribution in [2.45, 2.75) is 37.5 Å². The van der Waals surface area contributed by atoms with Crippen molar-refractivity contribution in [3.05, 3.63) is 11.1 Å². The van der Waals surface area contributed by atoms with Gasteiger partial charge in [0, 0.05) is 30.0 Å². The summed E-state index contributed by atoms with van der Waals surface area (Å²) in [7, 11) is 0. The molecule has 1 aliphatic heterocycles. The summed E-state index contributed by atoms with van der Waals surface area (Å²) in [4.78, 5) is 11.9. The monoisotopic (exact) mass is 240 g/mol. The smallest absolute Gasteiger partial charge is 0.247 e. The average Bonchev–Trinajstić information content (AvgIpc) is 2.62. The maximum Gasteiger partial charge on any atom is 0.247 e. The van der Waals surface area contributed by atoms with Crippen LogP contribution in [-0.4, -0.2) is 36.5 Å². The van der Waals surface area contributed by atoms with Crippen molar-refractivity contribution in [3.8, 4) is 0 Å².